The van der Waals surface area contributed by atoms with Crippen molar-refractivity contribution in [1.29, 1.82) is 0 Å². The van der Waals surface area contributed by atoms with E-state index in [4.69, 9.17) is 0 Å². The van der Waals surface area contributed by atoms with E-state index in [1.54, 1.807) is 0 Å². The van der Waals surface area contributed by atoms with Gasteiger partial charge in [-0.05, 0) is 36.5 Å². The van der Waals surface area contributed by atoms with Gasteiger partial charge in [0.2, 0.25) is 0 Å². The fraction of sp³-hybridized carbons (Fsp3) is 0.400. The van der Waals surface area contributed by atoms with Gasteiger partial charge in [-0.25, -0.2) is 4.39 Å². The molecule has 1 atom stereocenters. The van der Waals surface area contributed by atoms with Crippen LogP contribution in [0.5, 0.6) is 0 Å². The minimum absolute atomic E-state index is 0.681. The predicted octanol–water partition coefficient (Wildman–Crippen LogP) is 2.95. The van der Waals surface area contributed by atoms with Crippen LogP contribution >= 0.6 is 0 Å². The zero-order valence-electron chi connectivity index (χ0n) is 6.60. The number of alkyl halides is 1. The molecular formula is C10H11F. The smallest absolute Gasteiger partial charge is 0.126 e. The highest BCUT2D eigenvalue weighted by molar-refractivity contribution is 5.39. The highest BCUT2D eigenvalue weighted by atomic mass is 19.1. The lowest BCUT2D eigenvalue weighted by atomic mass is 10.0. The molecule has 1 aliphatic rings. The van der Waals surface area contributed by atoms with Gasteiger partial charge in [-0.2, -0.15) is 0 Å². The zero-order valence-corrected chi connectivity index (χ0v) is 6.60. The topological polar surface area (TPSA) is 0 Å². The molecule has 2 rings (SSSR count). The average molecular weight is 150 g/mol. The third-order valence-corrected chi connectivity index (χ3v) is 2.43. The lowest BCUT2D eigenvalue weighted by Gasteiger charge is -2.02. The first kappa shape index (κ1) is 6.84. The molecule has 0 radical (unpaired) electrons. The molecule has 0 fully saturated rings. The Bertz CT molecular complexity index is 278. The van der Waals surface area contributed by atoms with Crippen LogP contribution in [-0.2, 0) is 6.42 Å². The van der Waals surface area contributed by atoms with Crippen LogP contribution in [0, 0.1) is 6.92 Å². The van der Waals surface area contributed by atoms with E-state index >= 15 is 0 Å². The molecule has 1 aromatic carbocycles. The SMILES string of the molecule is Cc1cccc2c1CCC2F. The monoisotopic (exact) mass is 150 g/mol. The molecule has 0 bridgehead atoms. The Kier molecular flexibility index (Phi) is 1.45. The van der Waals surface area contributed by atoms with Crippen molar-refractivity contribution in [2.45, 2.75) is 25.9 Å². The van der Waals surface area contributed by atoms with E-state index in [1.165, 1.54) is 11.1 Å². The molecule has 0 N–H and O–H groups in total. The molecular weight excluding hydrogens is 139 g/mol. The Labute approximate surface area is 66.1 Å². The summed E-state index contributed by atoms with van der Waals surface area (Å²) < 4.78 is 13.1. The first-order valence-corrected chi connectivity index (χ1v) is 4.01. The van der Waals surface area contributed by atoms with Crippen LogP contribution in [0.1, 0.15) is 29.3 Å². The number of hydrogen-bond acceptors (Lipinski definition) is 0. The van der Waals surface area contributed by atoms with Gasteiger partial charge in [0.15, 0.2) is 0 Å². The van der Waals surface area contributed by atoms with E-state index in [2.05, 4.69) is 13.0 Å². The van der Waals surface area contributed by atoms with E-state index in [0.29, 0.717) is 6.42 Å². The van der Waals surface area contributed by atoms with Crippen molar-refractivity contribution < 1.29 is 4.39 Å². The summed E-state index contributed by atoms with van der Waals surface area (Å²) in [5.41, 5.74) is 3.40. The first-order chi connectivity index (χ1) is 5.29. The molecule has 0 aromatic heterocycles. The third kappa shape index (κ3) is 0.953. The molecule has 0 spiro atoms. The fourth-order valence-electron chi connectivity index (χ4n) is 1.79. The minimum atomic E-state index is -0.704. The molecule has 11 heavy (non-hydrogen) atoms. The van der Waals surface area contributed by atoms with Crippen LogP contribution in [0.15, 0.2) is 18.2 Å². The Balaban J connectivity index is 2.57. The maximum absolute atomic E-state index is 13.1. The molecule has 58 valence electrons. The Morgan fingerprint density at radius 3 is 3.00 bits per heavy atom. The number of hydrogen-bond donors (Lipinski definition) is 0. The Hall–Kier alpha value is -0.850. The van der Waals surface area contributed by atoms with Crippen molar-refractivity contribution in [3.8, 4) is 0 Å². The minimum Gasteiger partial charge on any atom is -0.242 e. The van der Waals surface area contributed by atoms with Gasteiger partial charge in [0, 0.05) is 0 Å². The average Bonchev–Trinajstić information content (AvgIpc) is 2.35. The lowest BCUT2D eigenvalue weighted by molar-refractivity contribution is 0.344. The van der Waals surface area contributed by atoms with Gasteiger partial charge in [-0.1, -0.05) is 18.2 Å². The second-order valence-corrected chi connectivity index (χ2v) is 3.15. The molecule has 0 aliphatic heterocycles. The maximum atomic E-state index is 13.1. The molecule has 0 heterocycles. The number of fused-ring (bicyclic) bond motifs is 1. The van der Waals surface area contributed by atoms with Crippen molar-refractivity contribution >= 4 is 0 Å². The van der Waals surface area contributed by atoms with Crippen LogP contribution in [0.25, 0.3) is 0 Å². The summed E-state index contributed by atoms with van der Waals surface area (Å²) in [7, 11) is 0. The number of rotatable bonds is 0. The van der Waals surface area contributed by atoms with Gasteiger partial charge >= 0.3 is 0 Å². The number of halogens is 1. The number of aryl methyl sites for hydroxylation is 1. The van der Waals surface area contributed by atoms with Gasteiger partial charge in [0.25, 0.3) is 0 Å². The lowest BCUT2D eigenvalue weighted by Crippen LogP contribution is -1.86. The van der Waals surface area contributed by atoms with Gasteiger partial charge < -0.3 is 0 Å². The third-order valence-electron chi connectivity index (χ3n) is 2.43. The summed E-state index contributed by atoms with van der Waals surface area (Å²) in [5, 5.41) is 0. The molecule has 1 heteroatoms. The molecule has 0 amide bonds. The second-order valence-electron chi connectivity index (χ2n) is 3.15. The van der Waals surface area contributed by atoms with Gasteiger partial charge in [0.05, 0.1) is 0 Å². The van der Waals surface area contributed by atoms with Crippen molar-refractivity contribution in [2.75, 3.05) is 0 Å². The van der Waals surface area contributed by atoms with Crippen molar-refractivity contribution in [2.24, 2.45) is 0 Å². The Morgan fingerprint density at radius 2 is 2.27 bits per heavy atom. The quantitative estimate of drug-likeness (QED) is 0.533. The highest BCUT2D eigenvalue weighted by Gasteiger charge is 2.22. The van der Waals surface area contributed by atoms with Crippen LogP contribution < -0.4 is 0 Å². The van der Waals surface area contributed by atoms with E-state index in [1.807, 2.05) is 12.1 Å². The van der Waals surface area contributed by atoms with Gasteiger partial charge in [0.1, 0.15) is 6.17 Å². The van der Waals surface area contributed by atoms with Crippen LogP contribution in [-0.4, -0.2) is 0 Å². The molecule has 0 nitrogen and oxygen atoms in total. The van der Waals surface area contributed by atoms with Crippen LogP contribution in [0.2, 0.25) is 0 Å². The van der Waals surface area contributed by atoms with E-state index in [-0.39, 0.29) is 0 Å². The van der Waals surface area contributed by atoms with Crippen LogP contribution in [0.4, 0.5) is 4.39 Å². The van der Waals surface area contributed by atoms with E-state index in [9.17, 15) is 4.39 Å². The van der Waals surface area contributed by atoms with Crippen molar-refractivity contribution in [3.63, 3.8) is 0 Å². The molecule has 0 saturated heterocycles. The summed E-state index contributed by atoms with van der Waals surface area (Å²) in [6.07, 6.45) is 0.897. The molecule has 1 aliphatic carbocycles. The van der Waals surface area contributed by atoms with Crippen molar-refractivity contribution in [3.05, 3.63) is 34.9 Å². The maximum Gasteiger partial charge on any atom is 0.126 e. The van der Waals surface area contributed by atoms with Gasteiger partial charge in [-0.15, -0.1) is 0 Å². The second kappa shape index (κ2) is 2.33. The molecule has 1 aromatic rings. The van der Waals surface area contributed by atoms with E-state index < -0.39 is 6.17 Å². The summed E-state index contributed by atoms with van der Waals surface area (Å²) in [6, 6.07) is 5.89. The van der Waals surface area contributed by atoms with E-state index in [0.717, 1.165) is 12.0 Å². The number of benzene rings is 1. The predicted molar refractivity (Wildman–Crippen MR) is 43.3 cm³/mol. The standard InChI is InChI=1S/C10H11F/c1-7-3-2-4-9-8(7)5-6-10(9)11/h2-4,10H,5-6H2,1H3. The van der Waals surface area contributed by atoms with Crippen molar-refractivity contribution in [1.82, 2.24) is 0 Å². The summed E-state index contributed by atoms with van der Waals surface area (Å²) in [6.45, 7) is 2.05. The molecule has 0 saturated carbocycles. The largest absolute Gasteiger partial charge is 0.242 e. The highest BCUT2D eigenvalue weighted by Crippen LogP contribution is 2.35. The van der Waals surface area contributed by atoms with Gasteiger partial charge in [-0.3, -0.25) is 0 Å². The normalized spacial score (nSPS) is 21.8. The summed E-state index contributed by atoms with van der Waals surface area (Å²) in [4.78, 5) is 0. The fourth-order valence-corrected chi connectivity index (χ4v) is 1.79. The summed E-state index contributed by atoms with van der Waals surface area (Å²) in [5.74, 6) is 0. The first-order valence-electron chi connectivity index (χ1n) is 4.01. The molecule has 1 unspecified atom stereocenters. The summed E-state index contributed by atoms with van der Waals surface area (Å²) >= 11 is 0. The Morgan fingerprint density at radius 1 is 1.45 bits per heavy atom. The van der Waals surface area contributed by atoms with Crippen LogP contribution in [0.3, 0.4) is 0 Å². The zero-order chi connectivity index (χ0) is 7.84.